The van der Waals surface area contributed by atoms with Crippen LogP contribution in [-0.4, -0.2) is 16.8 Å². The molecule has 0 unspecified atom stereocenters. The van der Waals surface area contributed by atoms with Crippen molar-refractivity contribution in [3.63, 3.8) is 0 Å². The van der Waals surface area contributed by atoms with Gasteiger partial charge in [0.15, 0.2) is 5.13 Å². The first-order valence-electron chi connectivity index (χ1n) is 8.51. The number of hydrogen-bond acceptors (Lipinski definition) is 5. The van der Waals surface area contributed by atoms with E-state index in [0.29, 0.717) is 15.7 Å². The van der Waals surface area contributed by atoms with Crippen molar-refractivity contribution in [1.29, 1.82) is 0 Å². The summed E-state index contributed by atoms with van der Waals surface area (Å²) in [5, 5.41) is 9.76. The molecule has 2 heterocycles. The molecule has 1 aromatic carbocycles. The van der Waals surface area contributed by atoms with Crippen molar-refractivity contribution in [3.05, 3.63) is 63.3 Å². The van der Waals surface area contributed by atoms with Gasteiger partial charge in [0.05, 0.1) is 17.0 Å². The highest BCUT2D eigenvalue weighted by atomic mass is 32.1. The van der Waals surface area contributed by atoms with Gasteiger partial charge in [-0.3, -0.25) is 14.9 Å². The number of rotatable bonds is 5. The van der Waals surface area contributed by atoms with Gasteiger partial charge in [0.25, 0.3) is 5.91 Å². The molecule has 5 nitrogen and oxygen atoms in total. The fraction of sp³-hybridized carbons (Fsp3) is 0.250. The second-order valence-corrected chi connectivity index (χ2v) is 8.93. The Kier molecular flexibility index (Phi) is 5.72. The number of anilines is 2. The van der Waals surface area contributed by atoms with E-state index in [4.69, 9.17) is 0 Å². The molecule has 27 heavy (non-hydrogen) atoms. The maximum atomic E-state index is 12.2. The second kappa shape index (κ2) is 8.02. The van der Waals surface area contributed by atoms with Crippen molar-refractivity contribution < 1.29 is 9.59 Å². The molecule has 0 aliphatic carbocycles. The first kappa shape index (κ1) is 19.3. The van der Waals surface area contributed by atoms with E-state index in [9.17, 15) is 9.59 Å². The molecule has 0 bridgehead atoms. The van der Waals surface area contributed by atoms with Crippen molar-refractivity contribution in [3.8, 4) is 0 Å². The highest BCUT2D eigenvalue weighted by Gasteiger charge is 2.14. The van der Waals surface area contributed by atoms with Crippen LogP contribution < -0.4 is 10.6 Å². The van der Waals surface area contributed by atoms with Crippen molar-refractivity contribution in [2.75, 3.05) is 10.6 Å². The predicted molar refractivity (Wildman–Crippen MR) is 112 cm³/mol. The van der Waals surface area contributed by atoms with Crippen molar-refractivity contribution in [2.24, 2.45) is 0 Å². The summed E-state index contributed by atoms with van der Waals surface area (Å²) in [6.45, 7) is 6.45. The van der Waals surface area contributed by atoms with Gasteiger partial charge in [-0.2, -0.15) is 0 Å². The van der Waals surface area contributed by atoms with Crippen molar-refractivity contribution in [1.82, 2.24) is 4.98 Å². The molecule has 0 saturated carbocycles. The lowest BCUT2D eigenvalue weighted by atomic mass is 9.87. The molecule has 0 spiro atoms. The fourth-order valence-corrected chi connectivity index (χ4v) is 3.76. The van der Waals surface area contributed by atoms with Crippen LogP contribution in [0.25, 0.3) is 0 Å². The first-order valence-corrected chi connectivity index (χ1v) is 10.3. The summed E-state index contributed by atoms with van der Waals surface area (Å²) in [4.78, 5) is 29.2. The third-order valence-corrected chi connectivity index (χ3v) is 5.57. The van der Waals surface area contributed by atoms with Crippen LogP contribution in [-0.2, 0) is 16.6 Å². The van der Waals surface area contributed by atoms with Gasteiger partial charge in [-0.1, -0.05) is 39.0 Å². The number of thiophene rings is 1. The maximum Gasteiger partial charge on any atom is 0.267 e. The highest BCUT2D eigenvalue weighted by Crippen LogP contribution is 2.24. The minimum Gasteiger partial charge on any atom is -0.326 e. The number of hydrogen-bond donors (Lipinski definition) is 2. The van der Waals surface area contributed by atoms with Crippen LogP contribution in [0, 0.1) is 0 Å². The van der Waals surface area contributed by atoms with Crippen LogP contribution in [0.15, 0.2) is 47.2 Å². The Hall–Kier alpha value is -2.51. The normalized spacial score (nSPS) is 11.2. The van der Waals surface area contributed by atoms with E-state index in [0.717, 1.165) is 5.69 Å². The van der Waals surface area contributed by atoms with Gasteiger partial charge in [-0.15, -0.1) is 22.7 Å². The quantitative estimate of drug-likeness (QED) is 0.639. The molecule has 0 radical (unpaired) electrons. The number of amides is 2. The molecule has 0 saturated heterocycles. The fourth-order valence-electron chi connectivity index (χ4n) is 2.44. The lowest BCUT2D eigenvalue weighted by Crippen LogP contribution is -2.15. The van der Waals surface area contributed by atoms with E-state index in [1.807, 2.05) is 35.7 Å². The second-order valence-electron chi connectivity index (χ2n) is 7.13. The Morgan fingerprint density at radius 2 is 1.78 bits per heavy atom. The molecule has 0 aliphatic heterocycles. The molecular weight excluding hydrogens is 378 g/mol. The lowest BCUT2D eigenvalue weighted by Gasteiger charge is -2.19. The molecule has 3 aromatic rings. The highest BCUT2D eigenvalue weighted by molar-refractivity contribution is 7.14. The van der Waals surface area contributed by atoms with Crippen LogP contribution >= 0.6 is 22.7 Å². The van der Waals surface area contributed by atoms with E-state index in [1.54, 1.807) is 11.4 Å². The number of carbonyl (C=O) groups excluding carboxylic acids is 2. The molecule has 0 fully saturated rings. The molecule has 2 aromatic heterocycles. The monoisotopic (exact) mass is 399 g/mol. The van der Waals surface area contributed by atoms with Gasteiger partial charge in [-0.25, -0.2) is 4.98 Å². The lowest BCUT2D eigenvalue weighted by molar-refractivity contribution is -0.115. The van der Waals surface area contributed by atoms with Gasteiger partial charge in [0.2, 0.25) is 5.91 Å². The van der Waals surface area contributed by atoms with Crippen molar-refractivity contribution >= 4 is 45.3 Å². The number of aromatic nitrogens is 1. The van der Waals surface area contributed by atoms with E-state index < -0.39 is 0 Å². The topological polar surface area (TPSA) is 71.1 Å². The van der Waals surface area contributed by atoms with Gasteiger partial charge in [0.1, 0.15) is 0 Å². The average Bonchev–Trinajstić information content (AvgIpc) is 3.26. The zero-order valence-corrected chi connectivity index (χ0v) is 17.0. The molecule has 3 rings (SSSR count). The van der Waals surface area contributed by atoms with E-state index in [2.05, 4.69) is 36.4 Å². The summed E-state index contributed by atoms with van der Waals surface area (Å²) >= 11 is 2.68. The molecular formula is C20H21N3O2S2. The average molecular weight is 400 g/mol. The van der Waals surface area contributed by atoms with Gasteiger partial charge < -0.3 is 5.32 Å². The molecule has 140 valence electrons. The maximum absolute atomic E-state index is 12.2. The molecule has 2 N–H and O–H groups in total. The van der Waals surface area contributed by atoms with E-state index in [1.165, 1.54) is 28.2 Å². The molecule has 7 heteroatoms. The number of nitrogens with zero attached hydrogens (tertiary/aromatic N) is 1. The number of thiazole rings is 1. The Balaban J connectivity index is 1.55. The third-order valence-electron chi connectivity index (χ3n) is 3.89. The SMILES string of the molecule is CC(C)(C)c1ccc(NC(=O)Cc2csc(NC(=O)c3cccs3)n2)cc1. The minimum atomic E-state index is -0.186. The minimum absolute atomic E-state index is 0.0765. The van der Waals surface area contributed by atoms with Crippen molar-refractivity contribution in [2.45, 2.75) is 32.6 Å². The van der Waals surface area contributed by atoms with Gasteiger partial charge in [0, 0.05) is 11.1 Å². The summed E-state index contributed by atoms with van der Waals surface area (Å²) in [5.41, 5.74) is 2.68. The van der Waals surface area contributed by atoms with Crippen LogP contribution in [0.2, 0.25) is 0 Å². The number of nitrogens with one attached hydrogen (secondary N) is 2. The Labute approximate surface area is 166 Å². The first-order chi connectivity index (χ1) is 12.8. The zero-order valence-electron chi connectivity index (χ0n) is 15.4. The summed E-state index contributed by atoms with van der Waals surface area (Å²) in [6, 6.07) is 11.4. The molecule has 2 amide bonds. The van der Waals surface area contributed by atoms with Gasteiger partial charge >= 0.3 is 0 Å². The van der Waals surface area contributed by atoms with Crippen LogP contribution in [0.4, 0.5) is 10.8 Å². The van der Waals surface area contributed by atoms with Crippen LogP contribution in [0.1, 0.15) is 41.7 Å². The summed E-state index contributed by atoms with van der Waals surface area (Å²) < 4.78 is 0. The molecule has 0 aliphatic rings. The number of benzene rings is 1. The largest absolute Gasteiger partial charge is 0.326 e. The predicted octanol–water partition coefficient (Wildman–Crippen LogP) is 4.94. The third kappa shape index (κ3) is 5.24. The Bertz CT molecular complexity index is 923. The summed E-state index contributed by atoms with van der Waals surface area (Å²) in [6.07, 6.45) is 0.159. The number of carbonyl (C=O) groups is 2. The van der Waals surface area contributed by atoms with Crippen LogP contribution in [0.3, 0.4) is 0 Å². The molecule has 0 atom stereocenters. The smallest absolute Gasteiger partial charge is 0.267 e. The van der Waals surface area contributed by atoms with Crippen LogP contribution in [0.5, 0.6) is 0 Å². The van der Waals surface area contributed by atoms with E-state index >= 15 is 0 Å². The standard InChI is InChI=1S/C20H21N3O2S2/c1-20(2,3)13-6-8-14(9-7-13)21-17(24)11-15-12-27-19(22-15)23-18(25)16-5-4-10-26-16/h4-10,12H,11H2,1-3H3,(H,21,24)(H,22,23,25). The van der Waals surface area contributed by atoms with Gasteiger partial charge in [-0.05, 0) is 34.6 Å². The summed E-state index contributed by atoms with van der Waals surface area (Å²) in [5.74, 6) is -0.325. The Morgan fingerprint density at radius 1 is 1.04 bits per heavy atom. The van der Waals surface area contributed by atoms with E-state index in [-0.39, 0.29) is 23.7 Å². The zero-order chi connectivity index (χ0) is 19.4. The Morgan fingerprint density at radius 3 is 2.41 bits per heavy atom. The summed E-state index contributed by atoms with van der Waals surface area (Å²) in [7, 11) is 0.